The standard InChI is InChI=1S/C5H9NO4.C2H3IO2.2Na/c6-3(5(9)10)1-2-4(7)8;3-1-2(4)5;;/h3H,1-2,6H2,(H,7,8)(H,9,10);1H2,(H,4,5);;/q;;2*+1/p-2. The van der Waals surface area contributed by atoms with Gasteiger partial charge in [0.25, 0.3) is 0 Å². The first kappa shape index (κ1) is 26.6. The van der Waals surface area contributed by atoms with Gasteiger partial charge in [0.1, 0.15) is 0 Å². The van der Waals surface area contributed by atoms with Gasteiger partial charge in [0.15, 0.2) is 0 Å². The second-order valence-electron chi connectivity index (χ2n) is 2.36. The van der Waals surface area contributed by atoms with Crippen LogP contribution in [0.15, 0.2) is 0 Å². The maximum absolute atomic E-state index is 9.86. The van der Waals surface area contributed by atoms with Crippen LogP contribution >= 0.6 is 22.6 Å². The van der Waals surface area contributed by atoms with Gasteiger partial charge < -0.3 is 30.6 Å². The first-order chi connectivity index (χ1) is 6.81. The fraction of sp³-hybridized carbons (Fsp3) is 0.571. The number of carbonyl (C=O) groups excluding carboxylic acids is 2. The van der Waals surface area contributed by atoms with Crippen LogP contribution in [0.25, 0.3) is 0 Å². The van der Waals surface area contributed by atoms with Crippen LogP contribution in [0.5, 0.6) is 0 Å². The smallest absolute Gasteiger partial charge is 0.550 e. The fourth-order valence-electron chi connectivity index (χ4n) is 0.391. The predicted octanol–water partition coefficient (Wildman–Crippen LogP) is -8.89. The third-order valence-corrected chi connectivity index (χ3v) is 1.73. The van der Waals surface area contributed by atoms with E-state index in [1.165, 1.54) is 0 Å². The molecule has 0 bridgehead atoms. The first-order valence-electron chi connectivity index (χ1n) is 3.75. The molecule has 7 nitrogen and oxygen atoms in total. The van der Waals surface area contributed by atoms with E-state index in [0.29, 0.717) is 0 Å². The zero-order valence-corrected chi connectivity index (χ0v) is 15.8. The monoisotopic (exact) mass is 377 g/mol. The van der Waals surface area contributed by atoms with Crippen LogP contribution in [0, 0.1) is 0 Å². The molecule has 10 heteroatoms. The summed E-state index contributed by atoms with van der Waals surface area (Å²) in [6, 6.07) is -1.21. The molecule has 0 aliphatic rings. The van der Waals surface area contributed by atoms with Crippen LogP contribution < -0.4 is 75.1 Å². The van der Waals surface area contributed by atoms with E-state index in [1.807, 2.05) is 0 Å². The minimum atomic E-state index is -1.44. The zero-order chi connectivity index (χ0) is 12.4. The Morgan fingerprint density at radius 3 is 1.76 bits per heavy atom. The number of carboxylic acid groups (broad SMARTS) is 3. The van der Waals surface area contributed by atoms with Crippen molar-refractivity contribution in [1.82, 2.24) is 0 Å². The molecule has 0 aliphatic heterocycles. The molecule has 0 aromatic heterocycles. The molecule has 0 spiro atoms. The number of aliphatic carboxylic acids is 3. The number of halogens is 1. The number of rotatable bonds is 5. The van der Waals surface area contributed by atoms with Gasteiger partial charge in [-0.05, 0) is 12.8 Å². The van der Waals surface area contributed by atoms with Crippen LogP contribution in [0.3, 0.4) is 0 Å². The average Bonchev–Trinajstić information content (AvgIpc) is 2.14. The normalized spacial score (nSPS) is 9.53. The molecule has 17 heavy (non-hydrogen) atoms. The second-order valence-corrected chi connectivity index (χ2v) is 3.13. The van der Waals surface area contributed by atoms with E-state index in [4.69, 9.17) is 10.8 Å². The molecule has 1 unspecified atom stereocenters. The number of carboxylic acids is 3. The minimum Gasteiger partial charge on any atom is -0.550 e. The Morgan fingerprint density at radius 2 is 1.59 bits per heavy atom. The Balaban J connectivity index is -0.000000105. The third-order valence-electron chi connectivity index (χ3n) is 1.08. The van der Waals surface area contributed by atoms with Crippen molar-refractivity contribution >= 4 is 40.5 Å². The molecule has 0 rings (SSSR count). The van der Waals surface area contributed by atoms with Gasteiger partial charge in [-0.2, -0.15) is 0 Å². The van der Waals surface area contributed by atoms with E-state index in [0.717, 1.165) is 0 Å². The quantitative estimate of drug-likeness (QED) is 0.275. The van der Waals surface area contributed by atoms with Gasteiger partial charge in [0, 0.05) is 12.0 Å². The molecule has 3 N–H and O–H groups in total. The molecule has 0 saturated heterocycles. The summed E-state index contributed by atoms with van der Waals surface area (Å²) in [4.78, 5) is 29.0. The molecule has 88 valence electrons. The van der Waals surface area contributed by atoms with Crippen LogP contribution in [-0.4, -0.2) is 33.5 Å². The molecule has 1 atom stereocenters. The summed E-state index contributed by atoms with van der Waals surface area (Å²) >= 11 is 1.78. The molecule has 0 fully saturated rings. The van der Waals surface area contributed by atoms with Crippen molar-refractivity contribution in [2.75, 3.05) is 4.43 Å². The summed E-state index contributed by atoms with van der Waals surface area (Å²) in [6.45, 7) is 0. The van der Waals surface area contributed by atoms with Gasteiger partial charge in [-0.15, -0.1) is 0 Å². The molecule has 0 aromatic rings. The Hall–Kier alpha value is 1.10. The van der Waals surface area contributed by atoms with Gasteiger partial charge in [0.05, 0.1) is 10.4 Å². The van der Waals surface area contributed by atoms with Crippen molar-refractivity contribution < 1.29 is 88.8 Å². The van der Waals surface area contributed by atoms with Crippen LogP contribution in [0.4, 0.5) is 0 Å². The average molecular weight is 377 g/mol. The third kappa shape index (κ3) is 26.6. The van der Waals surface area contributed by atoms with E-state index in [-0.39, 0.29) is 76.4 Å². The van der Waals surface area contributed by atoms with E-state index >= 15 is 0 Å². The summed E-state index contributed by atoms with van der Waals surface area (Å²) < 4.78 is 0.192. The van der Waals surface area contributed by atoms with Crippen molar-refractivity contribution in [2.45, 2.75) is 18.9 Å². The van der Waals surface area contributed by atoms with Crippen molar-refractivity contribution in [3.05, 3.63) is 0 Å². The number of carbonyl (C=O) groups is 3. The number of hydrogen-bond donors (Lipinski definition) is 2. The van der Waals surface area contributed by atoms with E-state index in [1.54, 1.807) is 22.6 Å². The van der Waals surface area contributed by atoms with Gasteiger partial charge in [-0.1, -0.05) is 22.6 Å². The molecule has 0 saturated carbocycles. The second kappa shape index (κ2) is 17.1. The molecule has 0 aliphatic carbocycles. The van der Waals surface area contributed by atoms with Crippen LogP contribution in [-0.2, 0) is 14.4 Å². The fourth-order valence-corrected chi connectivity index (χ4v) is 0.391. The number of hydrogen-bond acceptors (Lipinski definition) is 6. The molecular weight excluding hydrogens is 367 g/mol. The van der Waals surface area contributed by atoms with E-state index in [2.05, 4.69) is 0 Å². The van der Waals surface area contributed by atoms with Gasteiger partial charge in [0.2, 0.25) is 0 Å². The molecule has 0 radical (unpaired) electrons. The van der Waals surface area contributed by atoms with Gasteiger partial charge in [-0.3, -0.25) is 4.79 Å². The molecule has 0 aromatic carbocycles. The van der Waals surface area contributed by atoms with Crippen LogP contribution in [0.1, 0.15) is 12.8 Å². The van der Waals surface area contributed by atoms with Crippen LogP contribution in [0.2, 0.25) is 0 Å². The van der Waals surface area contributed by atoms with Crippen molar-refractivity contribution in [3.8, 4) is 0 Å². The Bertz CT molecular complexity index is 240. The molecular formula is C7H10INNa2O6. The summed E-state index contributed by atoms with van der Waals surface area (Å²) in [6.07, 6.45) is -0.500. The van der Waals surface area contributed by atoms with Gasteiger partial charge in [-0.25, -0.2) is 0 Å². The summed E-state index contributed by atoms with van der Waals surface area (Å²) in [5, 5.41) is 27.3. The SMILES string of the molecule is NC(CCC(=O)[O-])C(=O)[O-].O=C(O)CI.[Na+].[Na+]. The Labute approximate surface area is 156 Å². The van der Waals surface area contributed by atoms with E-state index < -0.39 is 23.9 Å². The Kier molecular flexibility index (Phi) is 26.8. The van der Waals surface area contributed by atoms with Crippen molar-refractivity contribution in [1.29, 1.82) is 0 Å². The minimum absolute atomic E-state index is 0. The molecule has 0 amide bonds. The molecule has 0 heterocycles. The van der Waals surface area contributed by atoms with Crippen molar-refractivity contribution in [3.63, 3.8) is 0 Å². The predicted molar refractivity (Wildman–Crippen MR) is 53.7 cm³/mol. The topological polar surface area (TPSA) is 144 Å². The summed E-state index contributed by atoms with van der Waals surface area (Å²) in [5.74, 6) is -3.51. The Morgan fingerprint density at radius 1 is 1.24 bits per heavy atom. The maximum Gasteiger partial charge on any atom is 1.00 e. The zero-order valence-electron chi connectivity index (χ0n) is 9.64. The number of nitrogens with two attached hydrogens (primary N) is 1. The number of alkyl halides is 1. The van der Waals surface area contributed by atoms with Gasteiger partial charge >= 0.3 is 65.1 Å². The van der Waals surface area contributed by atoms with E-state index in [9.17, 15) is 24.6 Å². The summed E-state index contributed by atoms with van der Waals surface area (Å²) in [5.41, 5.74) is 4.91. The summed E-state index contributed by atoms with van der Waals surface area (Å²) in [7, 11) is 0. The van der Waals surface area contributed by atoms with Crippen molar-refractivity contribution in [2.24, 2.45) is 5.73 Å². The maximum atomic E-state index is 9.86. The first-order valence-corrected chi connectivity index (χ1v) is 5.27. The largest absolute Gasteiger partial charge is 1.00 e.